The number of hydrogen-bond acceptors (Lipinski definition) is 5. The van der Waals surface area contributed by atoms with Crippen LogP contribution in [0.3, 0.4) is 0 Å². The number of benzene rings is 1. The fraction of sp³-hybridized carbons (Fsp3) is 0.455. The van der Waals surface area contributed by atoms with Gasteiger partial charge in [-0.3, -0.25) is 0 Å². The second kappa shape index (κ2) is 4.12. The van der Waals surface area contributed by atoms with Gasteiger partial charge in [-0.2, -0.15) is 0 Å². The summed E-state index contributed by atoms with van der Waals surface area (Å²) in [4.78, 5) is 0. The fourth-order valence-electron chi connectivity index (χ4n) is 2.46. The largest absolute Gasteiger partial charge is 0.315 e. The highest BCUT2D eigenvalue weighted by atomic mass is 15.6. The average molecular weight is 219 g/mol. The first-order chi connectivity index (χ1) is 7.84. The van der Waals surface area contributed by atoms with Gasteiger partial charge in [0, 0.05) is 12.0 Å². The van der Waals surface area contributed by atoms with E-state index in [0.717, 1.165) is 6.42 Å². The number of rotatable bonds is 1. The molecule has 16 heavy (non-hydrogen) atoms. The van der Waals surface area contributed by atoms with E-state index in [1.165, 1.54) is 5.56 Å². The summed E-state index contributed by atoms with van der Waals surface area (Å²) in [6.07, 6.45) is 1.27. The molecule has 0 radical (unpaired) electrons. The summed E-state index contributed by atoms with van der Waals surface area (Å²) in [5, 5.41) is 0. The van der Waals surface area contributed by atoms with Gasteiger partial charge in [-0.05, 0) is 12.0 Å². The minimum Gasteiger partial charge on any atom is -0.315 e. The van der Waals surface area contributed by atoms with Crippen molar-refractivity contribution in [1.82, 2.24) is 21.7 Å². The van der Waals surface area contributed by atoms with Gasteiger partial charge < -0.3 is 5.73 Å². The molecule has 5 heteroatoms. The Bertz CT molecular complexity index is 355. The van der Waals surface area contributed by atoms with Crippen LogP contribution >= 0.6 is 0 Å². The molecular formula is C11H17N5. The number of fused-ring (bicyclic) bond motifs is 1. The summed E-state index contributed by atoms with van der Waals surface area (Å²) in [7, 11) is 0. The molecule has 2 aliphatic rings. The van der Waals surface area contributed by atoms with Crippen molar-refractivity contribution < 1.29 is 0 Å². The molecule has 3 rings (SSSR count). The summed E-state index contributed by atoms with van der Waals surface area (Å²) < 4.78 is 0. The zero-order valence-electron chi connectivity index (χ0n) is 8.98. The Balaban J connectivity index is 1.75. The first-order valence-corrected chi connectivity index (χ1v) is 5.67. The molecule has 1 aromatic rings. The minimum atomic E-state index is 0.0193. The normalized spacial score (nSPS) is 38.3. The molecule has 0 spiro atoms. The van der Waals surface area contributed by atoms with Crippen LogP contribution in [0.1, 0.15) is 18.0 Å². The van der Waals surface area contributed by atoms with Gasteiger partial charge in [0.05, 0.1) is 12.3 Å². The van der Waals surface area contributed by atoms with E-state index in [-0.39, 0.29) is 12.3 Å². The number of nitrogens with two attached hydrogens (primary N) is 1. The average Bonchev–Trinajstić information content (AvgIpc) is 2.72. The van der Waals surface area contributed by atoms with Crippen molar-refractivity contribution in [2.45, 2.75) is 24.8 Å². The second-order valence-electron chi connectivity index (χ2n) is 4.44. The molecule has 4 atom stereocenters. The van der Waals surface area contributed by atoms with Crippen molar-refractivity contribution in [1.29, 1.82) is 0 Å². The van der Waals surface area contributed by atoms with Gasteiger partial charge in [-0.25, -0.2) is 21.7 Å². The quantitative estimate of drug-likeness (QED) is 0.443. The molecule has 0 aromatic heterocycles. The van der Waals surface area contributed by atoms with E-state index in [9.17, 15) is 0 Å². The predicted octanol–water partition coefficient (Wildman–Crippen LogP) is -0.439. The van der Waals surface area contributed by atoms with Gasteiger partial charge in [0.25, 0.3) is 0 Å². The molecule has 1 aromatic carbocycles. The molecular weight excluding hydrogens is 202 g/mol. The van der Waals surface area contributed by atoms with Crippen LogP contribution in [0.2, 0.25) is 0 Å². The topological polar surface area (TPSA) is 74.1 Å². The van der Waals surface area contributed by atoms with Crippen molar-refractivity contribution in [3.8, 4) is 0 Å². The lowest BCUT2D eigenvalue weighted by Gasteiger charge is -2.34. The van der Waals surface area contributed by atoms with Crippen LogP contribution in [0.5, 0.6) is 0 Å². The molecule has 0 bridgehead atoms. The van der Waals surface area contributed by atoms with Gasteiger partial charge in [0.1, 0.15) is 0 Å². The number of hydrogen-bond donors (Lipinski definition) is 5. The number of nitrogens with one attached hydrogen (secondary N) is 4. The highest BCUT2D eigenvalue weighted by Crippen LogP contribution is 2.28. The molecule has 0 amide bonds. The van der Waals surface area contributed by atoms with Crippen LogP contribution in [0.4, 0.5) is 0 Å². The van der Waals surface area contributed by atoms with Crippen molar-refractivity contribution >= 4 is 0 Å². The SMILES string of the molecule is NC1NNC2NNC(c3ccccc3)CC12. The van der Waals surface area contributed by atoms with Gasteiger partial charge in [0.2, 0.25) is 0 Å². The van der Waals surface area contributed by atoms with Crippen molar-refractivity contribution in [3.05, 3.63) is 35.9 Å². The van der Waals surface area contributed by atoms with Crippen LogP contribution in [-0.2, 0) is 0 Å². The van der Waals surface area contributed by atoms with Crippen molar-refractivity contribution in [3.63, 3.8) is 0 Å². The second-order valence-corrected chi connectivity index (χ2v) is 4.44. The third-order valence-electron chi connectivity index (χ3n) is 3.42. The molecule has 2 aliphatic heterocycles. The van der Waals surface area contributed by atoms with E-state index >= 15 is 0 Å². The van der Waals surface area contributed by atoms with Gasteiger partial charge in [0.15, 0.2) is 0 Å². The molecule has 2 heterocycles. The molecule has 5 nitrogen and oxygen atoms in total. The van der Waals surface area contributed by atoms with Gasteiger partial charge in [-0.1, -0.05) is 30.3 Å². The van der Waals surface area contributed by atoms with E-state index in [4.69, 9.17) is 5.73 Å². The van der Waals surface area contributed by atoms with Crippen LogP contribution in [0.25, 0.3) is 0 Å². The third kappa shape index (κ3) is 1.73. The highest BCUT2D eigenvalue weighted by molar-refractivity contribution is 5.19. The van der Waals surface area contributed by atoms with Crippen molar-refractivity contribution in [2.24, 2.45) is 11.7 Å². The molecule has 4 unspecified atom stereocenters. The Kier molecular flexibility index (Phi) is 2.62. The standard InChI is InChI=1S/C11H17N5/c12-10-8-6-9(7-4-2-1-3-5-7)13-15-11(8)16-14-10/h1-5,8-11,13-16H,6,12H2. The maximum Gasteiger partial charge on any atom is 0.0889 e. The van der Waals surface area contributed by atoms with Crippen LogP contribution in [0, 0.1) is 5.92 Å². The van der Waals surface area contributed by atoms with E-state index in [0.29, 0.717) is 12.0 Å². The van der Waals surface area contributed by atoms with Crippen molar-refractivity contribution in [2.75, 3.05) is 0 Å². The van der Waals surface area contributed by atoms with Crippen LogP contribution in [-0.4, -0.2) is 12.3 Å². The van der Waals surface area contributed by atoms with Crippen LogP contribution in [0.15, 0.2) is 30.3 Å². The molecule has 2 saturated heterocycles. The maximum absolute atomic E-state index is 5.99. The third-order valence-corrected chi connectivity index (χ3v) is 3.42. The lowest BCUT2D eigenvalue weighted by Crippen LogP contribution is -2.56. The first-order valence-electron chi connectivity index (χ1n) is 5.67. The summed E-state index contributed by atoms with van der Waals surface area (Å²) in [5.41, 5.74) is 20.1. The Labute approximate surface area is 94.7 Å². The first kappa shape index (κ1) is 10.2. The molecule has 6 N–H and O–H groups in total. The highest BCUT2D eigenvalue weighted by Gasteiger charge is 2.38. The fourth-order valence-corrected chi connectivity index (χ4v) is 2.46. The van der Waals surface area contributed by atoms with Gasteiger partial charge in [-0.15, -0.1) is 0 Å². The molecule has 0 aliphatic carbocycles. The monoisotopic (exact) mass is 219 g/mol. The summed E-state index contributed by atoms with van der Waals surface area (Å²) in [6.45, 7) is 0. The molecule has 0 saturated carbocycles. The Morgan fingerprint density at radius 1 is 1.00 bits per heavy atom. The van der Waals surface area contributed by atoms with E-state index in [1.807, 2.05) is 6.07 Å². The lowest BCUT2D eigenvalue weighted by atomic mass is 9.90. The lowest BCUT2D eigenvalue weighted by molar-refractivity contribution is 0.199. The smallest absolute Gasteiger partial charge is 0.0889 e. The van der Waals surface area contributed by atoms with E-state index in [2.05, 4.69) is 46.0 Å². The van der Waals surface area contributed by atoms with E-state index in [1.54, 1.807) is 0 Å². The zero-order chi connectivity index (χ0) is 11.0. The molecule has 86 valence electrons. The van der Waals surface area contributed by atoms with Crippen LogP contribution < -0.4 is 27.4 Å². The summed E-state index contributed by atoms with van der Waals surface area (Å²) in [6, 6.07) is 10.8. The molecule has 2 fully saturated rings. The zero-order valence-corrected chi connectivity index (χ0v) is 8.98. The Hall–Kier alpha value is -0.980. The van der Waals surface area contributed by atoms with E-state index < -0.39 is 0 Å². The Morgan fingerprint density at radius 2 is 1.75 bits per heavy atom. The number of hydrazine groups is 2. The summed E-state index contributed by atoms with van der Waals surface area (Å²) in [5.74, 6) is 0.409. The predicted molar refractivity (Wildman–Crippen MR) is 61.6 cm³/mol. The minimum absolute atomic E-state index is 0.0193. The Morgan fingerprint density at radius 3 is 2.56 bits per heavy atom. The maximum atomic E-state index is 5.99. The summed E-state index contributed by atoms with van der Waals surface area (Å²) >= 11 is 0. The van der Waals surface area contributed by atoms with Gasteiger partial charge >= 0.3 is 0 Å².